The van der Waals surface area contributed by atoms with E-state index in [4.69, 9.17) is 27.5 Å². The number of nitriles is 1. The van der Waals surface area contributed by atoms with Crippen molar-refractivity contribution in [3.8, 4) is 11.8 Å². The van der Waals surface area contributed by atoms with Crippen molar-refractivity contribution in [2.75, 3.05) is 0 Å². The van der Waals surface area contributed by atoms with Crippen LogP contribution in [0.15, 0.2) is 17.0 Å². The Bertz CT molecular complexity index is 622. The van der Waals surface area contributed by atoms with Crippen LogP contribution in [0.5, 0.6) is 5.75 Å². The molecule has 0 radical (unpaired) electrons. The SMILES string of the molecule is N#Cc1cc(Cl)c(OC(F)(F)F)cc1S(=O)(=O)Cl. The summed E-state index contributed by atoms with van der Waals surface area (Å²) in [5.74, 6) is -0.956. The largest absolute Gasteiger partial charge is 0.573 e. The van der Waals surface area contributed by atoms with E-state index in [1.807, 2.05) is 0 Å². The zero-order chi connectivity index (χ0) is 14.1. The Morgan fingerprint density at radius 3 is 2.28 bits per heavy atom. The zero-order valence-electron chi connectivity index (χ0n) is 8.12. The monoisotopic (exact) mass is 319 g/mol. The van der Waals surface area contributed by atoms with E-state index < -0.39 is 36.6 Å². The molecule has 1 aromatic carbocycles. The molecule has 10 heteroatoms. The Hall–Kier alpha value is -1.17. The second kappa shape index (κ2) is 4.84. The quantitative estimate of drug-likeness (QED) is 0.786. The molecule has 0 atom stereocenters. The summed E-state index contributed by atoms with van der Waals surface area (Å²) in [7, 11) is 0.583. The minimum absolute atomic E-state index is 0.441. The lowest BCUT2D eigenvalue weighted by Crippen LogP contribution is -2.17. The lowest BCUT2D eigenvalue weighted by Gasteiger charge is -2.11. The van der Waals surface area contributed by atoms with Gasteiger partial charge in [-0.05, 0) is 6.07 Å². The van der Waals surface area contributed by atoms with Gasteiger partial charge >= 0.3 is 6.36 Å². The molecule has 0 bridgehead atoms. The average Bonchev–Trinajstić information content (AvgIpc) is 2.16. The van der Waals surface area contributed by atoms with Gasteiger partial charge in [0.25, 0.3) is 9.05 Å². The number of hydrogen-bond acceptors (Lipinski definition) is 4. The first-order valence-electron chi connectivity index (χ1n) is 3.98. The van der Waals surface area contributed by atoms with Crippen LogP contribution in [-0.2, 0) is 9.05 Å². The predicted molar refractivity (Wildman–Crippen MR) is 55.9 cm³/mol. The summed E-state index contributed by atoms with van der Waals surface area (Å²) >= 11 is 5.42. The van der Waals surface area contributed by atoms with E-state index in [-0.39, 0.29) is 0 Å². The van der Waals surface area contributed by atoms with Gasteiger partial charge in [-0.2, -0.15) is 5.26 Å². The van der Waals surface area contributed by atoms with E-state index in [0.29, 0.717) is 6.07 Å². The van der Waals surface area contributed by atoms with Gasteiger partial charge < -0.3 is 4.74 Å². The first-order valence-corrected chi connectivity index (χ1v) is 6.67. The third-order valence-electron chi connectivity index (χ3n) is 1.64. The van der Waals surface area contributed by atoms with Crippen LogP contribution in [0, 0.1) is 11.3 Å². The molecule has 1 rings (SSSR count). The summed E-state index contributed by atoms with van der Waals surface area (Å²) in [6.45, 7) is 0. The van der Waals surface area contributed by atoms with E-state index in [0.717, 1.165) is 6.07 Å². The van der Waals surface area contributed by atoms with E-state index in [1.165, 1.54) is 6.07 Å². The zero-order valence-corrected chi connectivity index (χ0v) is 10.5. The van der Waals surface area contributed by atoms with Crippen LogP contribution in [0.3, 0.4) is 0 Å². The highest BCUT2D eigenvalue weighted by molar-refractivity contribution is 8.13. The van der Waals surface area contributed by atoms with Crippen molar-refractivity contribution >= 4 is 31.3 Å². The van der Waals surface area contributed by atoms with Crippen LogP contribution in [0.2, 0.25) is 5.02 Å². The third kappa shape index (κ3) is 3.66. The van der Waals surface area contributed by atoms with Crippen LogP contribution in [-0.4, -0.2) is 14.8 Å². The number of benzene rings is 1. The van der Waals surface area contributed by atoms with Crippen LogP contribution in [0.25, 0.3) is 0 Å². The summed E-state index contributed by atoms with van der Waals surface area (Å²) < 4.78 is 61.7. The predicted octanol–water partition coefficient (Wildman–Crippen LogP) is 3.04. The second-order valence-corrected chi connectivity index (χ2v) is 5.82. The molecule has 0 fully saturated rings. The average molecular weight is 320 g/mol. The summed E-state index contributed by atoms with van der Waals surface area (Å²) in [6.07, 6.45) is -5.05. The van der Waals surface area contributed by atoms with Crippen LogP contribution in [0.1, 0.15) is 5.56 Å². The van der Waals surface area contributed by atoms with Crippen LogP contribution < -0.4 is 4.74 Å². The highest BCUT2D eigenvalue weighted by atomic mass is 35.7. The molecule has 0 aliphatic carbocycles. The van der Waals surface area contributed by atoms with Gasteiger partial charge in [0.2, 0.25) is 0 Å². The molecule has 0 aliphatic heterocycles. The van der Waals surface area contributed by atoms with Crippen LogP contribution in [0.4, 0.5) is 13.2 Å². The van der Waals surface area contributed by atoms with E-state index in [9.17, 15) is 21.6 Å². The fourth-order valence-corrected chi connectivity index (χ4v) is 2.23. The lowest BCUT2D eigenvalue weighted by molar-refractivity contribution is -0.274. The molecule has 0 spiro atoms. The maximum Gasteiger partial charge on any atom is 0.573 e. The molecule has 18 heavy (non-hydrogen) atoms. The Kier molecular flexibility index (Phi) is 4.00. The van der Waals surface area contributed by atoms with Gasteiger partial charge in [0, 0.05) is 16.7 Å². The van der Waals surface area contributed by atoms with Crippen molar-refractivity contribution in [1.29, 1.82) is 5.26 Å². The number of ether oxygens (including phenoxy) is 1. The molecule has 98 valence electrons. The number of hydrogen-bond donors (Lipinski definition) is 0. The molecule has 1 aromatic rings. The molecule has 0 heterocycles. The Balaban J connectivity index is 3.46. The lowest BCUT2D eigenvalue weighted by atomic mass is 10.2. The van der Waals surface area contributed by atoms with E-state index in [1.54, 1.807) is 0 Å². The van der Waals surface area contributed by atoms with Crippen molar-refractivity contribution < 1.29 is 26.3 Å². The van der Waals surface area contributed by atoms with Gasteiger partial charge in [0.1, 0.15) is 16.7 Å². The molecular weight excluding hydrogens is 318 g/mol. The molecule has 0 aromatic heterocycles. The molecule has 0 saturated heterocycles. The first kappa shape index (κ1) is 14.9. The number of halogens is 5. The van der Waals surface area contributed by atoms with Gasteiger partial charge in [-0.1, -0.05) is 11.6 Å². The smallest absolute Gasteiger partial charge is 0.404 e. The minimum atomic E-state index is -5.05. The van der Waals surface area contributed by atoms with E-state index in [2.05, 4.69) is 4.74 Å². The van der Waals surface area contributed by atoms with Gasteiger partial charge in [-0.25, -0.2) is 8.42 Å². The minimum Gasteiger partial charge on any atom is -0.404 e. The fraction of sp³-hybridized carbons (Fsp3) is 0.125. The normalized spacial score (nSPS) is 12.0. The summed E-state index contributed by atoms with van der Waals surface area (Å²) in [5.41, 5.74) is -0.482. The van der Waals surface area contributed by atoms with Crippen molar-refractivity contribution in [3.63, 3.8) is 0 Å². The van der Waals surface area contributed by atoms with Crippen molar-refractivity contribution in [2.45, 2.75) is 11.3 Å². The number of rotatable bonds is 2. The summed E-state index contributed by atoms with van der Waals surface area (Å²) in [5, 5.41) is 8.07. The maximum atomic E-state index is 12.0. The van der Waals surface area contributed by atoms with Crippen molar-refractivity contribution in [3.05, 3.63) is 22.7 Å². The van der Waals surface area contributed by atoms with Crippen LogP contribution >= 0.6 is 22.3 Å². The topological polar surface area (TPSA) is 67.2 Å². The Morgan fingerprint density at radius 2 is 1.89 bits per heavy atom. The fourth-order valence-electron chi connectivity index (χ4n) is 1.03. The molecule has 4 nitrogen and oxygen atoms in total. The maximum absolute atomic E-state index is 12.0. The van der Waals surface area contributed by atoms with Crippen molar-refractivity contribution in [2.24, 2.45) is 0 Å². The standard InChI is InChI=1S/C8H2Cl2F3NO3S/c9-5-1-4(3-14)7(18(10,15)16)2-6(5)17-8(11,12)13/h1-2H. The highest BCUT2D eigenvalue weighted by Crippen LogP contribution is 2.35. The van der Waals surface area contributed by atoms with Crippen molar-refractivity contribution in [1.82, 2.24) is 0 Å². The second-order valence-electron chi connectivity index (χ2n) is 2.88. The third-order valence-corrected chi connectivity index (χ3v) is 3.30. The van der Waals surface area contributed by atoms with Gasteiger partial charge in [0.15, 0.2) is 0 Å². The first-order chi connectivity index (χ1) is 8.04. The summed E-state index contributed by atoms with van der Waals surface area (Å²) in [6, 6.07) is 2.61. The van der Waals surface area contributed by atoms with Gasteiger partial charge in [0.05, 0.1) is 10.6 Å². The van der Waals surface area contributed by atoms with Gasteiger partial charge in [-0.3, -0.25) is 0 Å². The molecule has 0 saturated carbocycles. The van der Waals surface area contributed by atoms with E-state index >= 15 is 0 Å². The molecule has 0 amide bonds. The Morgan fingerprint density at radius 1 is 1.33 bits per heavy atom. The number of nitrogens with zero attached hydrogens (tertiary/aromatic N) is 1. The molecular formula is C8H2Cl2F3NO3S. The number of alkyl halides is 3. The van der Waals surface area contributed by atoms with Gasteiger partial charge in [-0.15, -0.1) is 13.2 Å². The molecule has 0 N–H and O–H groups in total. The Labute approximate surface area is 109 Å². The molecule has 0 aliphatic rings. The molecule has 0 unspecified atom stereocenters. The summed E-state index contributed by atoms with van der Waals surface area (Å²) in [4.78, 5) is -0.810. The highest BCUT2D eigenvalue weighted by Gasteiger charge is 2.33.